The van der Waals surface area contributed by atoms with Crippen molar-refractivity contribution in [2.45, 2.75) is 57.1 Å². The molecule has 2 N–H and O–H groups in total. The maximum absolute atomic E-state index is 10.6. The van der Waals surface area contributed by atoms with Crippen LogP contribution in [0.1, 0.15) is 45.4 Å². The zero-order valence-electron chi connectivity index (χ0n) is 10.5. The monoisotopic (exact) mass is 226 g/mol. The Morgan fingerprint density at radius 3 is 2.44 bits per heavy atom. The van der Waals surface area contributed by atoms with Crippen LogP contribution in [0.4, 0.5) is 0 Å². The van der Waals surface area contributed by atoms with Gasteiger partial charge in [-0.25, -0.2) is 0 Å². The van der Waals surface area contributed by atoms with E-state index in [2.05, 4.69) is 17.1 Å². The summed E-state index contributed by atoms with van der Waals surface area (Å²) in [5.74, 6) is 0. The second-order valence-corrected chi connectivity index (χ2v) is 5.57. The molecule has 2 aliphatic rings. The van der Waals surface area contributed by atoms with Crippen LogP contribution in [0.5, 0.6) is 0 Å². The Labute approximate surface area is 99.2 Å². The highest BCUT2D eigenvalue weighted by atomic mass is 16.3. The SMILES string of the molecule is CCCN(CC1(O)CCCCC1)C1CNC1. The van der Waals surface area contributed by atoms with Gasteiger partial charge < -0.3 is 10.4 Å². The Morgan fingerprint density at radius 1 is 1.25 bits per heavy atom. The molecular weight excluding hydrogens is 200 g/mol. The Hall–Kier alpha value is -0.120. The first-order chi connectivity index (χ1) is 7.73. The van der Waals surface area contributed by atoms with E-state index in [9.17, 15) is 5.11 Å². The normalized spacial score (nSPS) is 25.7. The summed E-state index contributed by atoms with van der Waals surface area (Å²) in [5, 5.41) is 13.9. The molecule has 0 amide bonds. The summed E-state index contributed by atoms with van der Waals surface area (Å²) in [5.41, 5.74) is -0.386. The third-order valence-electron chi connectivity index (χ3n) is 4.07. The van der Waals surface area contributed by atoms with Gasteiger partial charge in [0.15, 0.2) is 0 Å². The minimum atomic E-state index is -0.386. The van der Waals surface area contributed by atoms with E-state index >= 15 is 0 Å². The molecule has 0 radical (unpaired) electrons. The molecule has 1 aliphatic heterocycles. The molecule has 0 spiro atoms. The molecule has 2 fully saturated rings. The lowest BCUT2D eigenvalue weighted by molar-refractivity contribution is -0.0411. The molecule has 1 heterocycles. The molecule has 3 heteroatoms. The van der Waals surface area contributed by atoms with Crippen LogP contribution in [0, 0.1) is 0 Å². The summed E-state index contributed by atoms with van der Waals surface area (Å²) in [6.45, 7) is 6.47. The fourth-order valence-corrected chi connectivity index (χ4v) is 2.96. The molecule has 1 saturated carbocycles. The third kappa shape index (κ3) is 2.96. The maximum atomic E-state index is 10.6. The minimum absolute atomic E-state index is 0.386. The minimum Gasteiger partial charge on any atom is -0.389 e. The van der Waals surface area contributed by atoms with E-state index in [1.807, 2.05) is 0 Å². The molecule has 0 atom stereocenters. The third-order valence-corrected chi connectivity index (χ3v) is 4.07. The highest BCUT2D eigenvalue weighted by Gasteiger charge is 2.34. The Morgan fingerprint density at radius 2 is 1.94 bits per heavy atom. The molecule has 1 saturated heterocycles. The van der Waals surface area contributed by atoms with Gasteiger partial charge in [-0.2, -0.15) is 0 Å². The summed E-state index contributed by atoms with van der Waals surface area (Å²) >= 11 is 0. The summed E-state index contributed by atoms with van der Waals surface area (Å²) in [6, 6.07) is 0.672. The quantitative estimate of drug-likeness (QED) is 0.743. The van der Waals surface area contributed by atoms with Crippen molar-refractivity contribution in [3.63, 3.8) is 0 Å². The smallest absolute Gasteiger partial charge is 0.0774 e. The molecule has 2 rings (SSSR count). The molecular formula is C13H26N2O. The Kier molecular flexibility index (Phi) is 4.22. The van der Waals surface area contributed by atoms with E-state index in [1.165, 1.54) is 25.7 Å². The van der Waals surface area contributed by atoms with Crippen LogP contribution in [0.3, 0.4) is 0 Å². The van der Waals surface area contributed by atoms with Gasteiger partial charge in [-0.15, -0.1) is 0 Å². The topological polar surface area (TPSA) is 35.5 Å². The maximum Gasteiger partial charge on any atom is 0.0774 e. The first-order valence-electron chi connectivity index (χ1n) is 6.91. The van der Waals surface area contributed by atoms with Gasteiger partial charge in [0.05, 0.1) is 5.60 Å². The lowest BCUT2D eigenvalue weighted by Gasteiger charge is -2.43. The fraction of sp³-hybridized carbons (Fsp3) is 1.00. The van der Waals surface area contributed by atoms with E-state index in [0.29, 0.717) is 6.04 Å². The molecule has 1 aliphatic carbocycles. The molecule has 94 valence electrons. The predicted octanol–water partition coefficient (Wildman–Crippen LogP) is 1.37. The Balaban J connectivity index is 1.87. The summed E-state index contributed by atoms with van der Waals surface area (Å²) < 4.78 is 0. The van der Waals surface area contributed by atoms with Gasteiger partial charge in [-0.1, -0.05) is 26.2 Å². The number of hydrogen-bond acceptors (Lipinski definition) is 3. The van der Waals surface area contributed by atoms with Gasteiger partial charge in [0.25, 0.3) is 0 Å². The van der Waals surface area contributed by atoms with Gasteiger partial charge in [0.1, 0.15) is 0 Å². The first kappa shape index (κ1) is 12.3. The molecule has 16 heavy (non-hydrogen) atoms. The number of nitrogens with zero attached hydrogens (tertiary/aromatic N) is 1. The van der Waals surface area contributed by atoms with Crippen molar-refractivity contribution in [2.75, 3.05) is 26.2 Å². The van der Waals surface area contributed by atoms with Crippen molar-refractivity contribution in [1.29, 1.82) is 0 Å². The van der Waals surface area contributed by atoms with Crippen LogP contribution in [-0.4, -0.2) is 47.8 Å². The van der Waals surface area contributed by atoms with Crippen LogP contribution >= 0.6 is 0 Å². The zero-order valence-corrected chi connectivity index (χ0v) is 10.5. The van der Waals surface area contributed by atoms with Crippen molar-refractivity contribution in [1.82, 2.24) is 10.2 Å². The molecule has 0 aromatic rings. The summed E-state index contributed by atoms with van der Waals surface area (Å²) in [7, 11) is 0. The van der Waals surface area contributed by atoms with E-state index in [1.54, 1.807) is 0 Å². The van der Waals surface area contributed by atoms with Gasteiger partial charge in [-0.3, -0.25) is 4.90 Å². The fourth-order valence-electron chi connectivity index (χ4n) is 2.96. The average Bonchev–Trinajstić information content (AvgIpc) is 2.15. The van der Waals surface area contributed by atoms with Crippen LogP contribution < -0.4 is 5.32 Å². The molecule has 0 aromatic carbocycles. The van der Waals surface area contributed by atoms with Gasteiger partial charge in [0.2, 0.25) is 0 Å². The van der Waals surface area contributed by atoms with Gasteiger partial charge in [0, 0.05) is 25.7 Å². The van der Waals surface area contributed by atoms with Crippen LogP contribution in [0.25, 0.3) is 0 Å². The first-order valence-corrected chi connectivity index (χ1v) is 6.91. The second-order valence-electron chi connectivity index (χ2n) is 5.57. The van der Waals surface area contributed by atoms with Crippen molar-refractivity contribution in [3.05, 3.63) is 0 Å². The van der Waals surface area contributed by atoms with Crippen molar-refractivity contribution in [2.24, 2.45) is 0 Å². The zero-order chi connectivity index (χ0) is 11.4. The van der Waals surface area contributed by atoms with Crippen molar-refractivity contribution < 1.29 is 5.11 Å². The number of hydrogen-bond donors (Lipinski definition) is 2. The largest absolute Gasteiger partial charge is 0.389 e. The number of rotatable bonds is 5. The van der Waals surface area contributed by atoms with Gasteiger partial charge in [-0.05, 0) is 25.8 Å². The average molecular weight is 226 g/mol. The standard InChI is InChI=1S/C13H26N2O/c1-2-8-15(12-9-14-10-12)11-13(16)6-4-3-5-7-13/h12,14,16H,2-11H2,1H3. The molecule has 0 bridgehead atoms. The highest BCUT2D eigenvalue weighted by molar-refractivity contribution is 4.91. The molecule has 3 nitrogen and oxygen atoms in total. The highest BCUT2D eigenvalue weighted by Crippen LogP contribution is 2.29. The van der Waals surface area contributed by atoms with E-state index in [-0.39, 0.29) is 5.60 Å². The van der Waals surface area contributed by atoms with Crippen molar-refractivity contribution >= 4 is 0 Å². The summed E-state index contributed by atoms with van der Waals surface area (Å²) in [4.78, 5) is 2.50. The lowest BCUT2D eigenvalue weighted by Crippen LogP contribution is -2.60. The Bertz CT molecular complexity index is 210. The van der Waals surface area contributed by atoms with Gasteiger partial charge >= 0.3 is 0 Å². The van der Waals surface area contributed by atoms with Crippen LogP contribution in [-0.2, 0) is 0 Å². The van der Waals surface area contributed by atoms with Crippen LogP contribution in [0.2, 0.25) is 0 Å². The molecule has 0 aromatic heterocycles. The van der Waals surface area contributed by atoms with E-state index < -0.39 is 0 Å². The number of nitrogens with one attached hydrogen (secondary N) is 1. The van der Waals surface area contributed by atoms with E-state index in [0.717, 1.165) is 39.0 Å². The van der Waals surface area contributed by atoms with Crippen molar-refractivity contribution in [3.8, 4) is 0 Å². The molecule has 0 unspecified atom stereocenters. The number of aliphatic hydroxyl groups is 1. The summed E-state index contributed by atoms with van der Waals surface area (Å²) in [6.07, 6.45) is 6.92. The van der Waals surface area contributed by atoms with E-state index in [4.69, 9.17) is 0 Å². The van der Waals surface area contributed by atoms with Crippen LogP contribution in [0.15, 0.2) is 0 Å². The second kappa shape index (κ2) is 5.48. The lowest BCUT2D eigenvalue weighted by atomic mass is 9.84. The predicted molar refractivity (Wildman–Crippen MR) is 66.6 cm³/mol.